The molecule has 0 fully saturated rings. The van der Waals surface area contributed by atoms with Gasteiger partial charge in [-0.05, 0) is 25.5 Å². The summed E-state index contributed by atoms with van der Waals surface area (Å²) in [7, 11) is 0. The normalized spacial score (nSPS) is 11.1. The molecule has 0 bridgehead atoms. The number of benzene rings is 2. The Labute approximate surface area is 148 Å². The Morgan fingerprint density at radius 2 is 1.80 bits per heavy atom. The molecule has 2 aromatic heterocycles. The lowest BCUT2D eigenvalue weighted by atomic mass is 10.0. The minimum atomic E-state index is -0.932. The van der Waals surface area contributed by atoms with E-state index in [-0.39, 0.29) is 4.88 Å². The Kier molecular flexibility index (Phi) is 3.66. The van der Waals surface area contributed by atoms with Gasteiger partial charge in [0.15, 0.2) is 0 Å². The number of aromatic amines is 1. The molecule has 0 aliphatic heterocycles. The van der Waals surface area contributed by atoms with Crippen LogP contribution in [0.5, 0.6) is 0 Å². The van der Waals surface area contributed by atoms with Gasteiger partial charge in [0.05, 0.1) is 11.4 Å². The van der Waals surface area contributed by atoms with E-state index in [9.17, 15) is 9.90 Å². The first-order chi connectivity index (χ1) is 12.0. The Morgan fingerprint density at radius 3 is 2.48 bits per heavy atom. The van der Waals surface area contributed by atoms with Crippen molar-refractivity contribution in [3.05, 3.63) is 64.7 Å². The van der Waals surface area contributed by atoms with Gasteiger partial charge >= 0.3 is 5.97 Å². The topological polar surface area (TPSA) is 66.0 Å². The SMILES string of the molecule is Cc1ccc(-c2[nH]c3ccccc3c2-c2nc(C)c(C(=O)O)s2)cc1. The molecule has 4 aromatic rings. The fraction of sp³-hybridized carbons (Fsp3) is 0.100. The Morgan fingerprint density at radius 1 is 1.08 bits per heavy atom. The molecule has 0 amide bonds. The predicted molar refractivity (Wildman–Crippen MR) is 101 cm³/mol. The van der Waals surface area contributed by atoms with E-state index in [1.54, 1.807) is 6.92 Å². The number of nitrogens with zero attached hydrogens (tertiary/aromatic N) is 1. The van der Waals surface area contributed by atoms with Gasteiger partial charge in [-0.15, -0.1) is 11.3 Å². The van der Waals surface area contributed by atoms with Crippen LogP contribution in [0.4, 0.5) is 0 Å². The number of hydrogen-bond acceptors (Lipinski definition) is 3. The van der Waals surface area contributed by atoms with Gasteiger partial charge in [-0.2, -0.15) is 0 Å². The molecule has 0 unspecified atom stereocenters. The lowest BCUT2D eigenvalue weighted by Crippen LogP contribution is -1.94. The second-order valence-corrected chi connectivity index (χ2v) is 7.02. The molecule has 0 atom stereocenters. The number of hydrogen-bond donors (Lipinski definition) is 2. The number of carboxylic acids is 1. The molecule has 0 aliphatic rings. The lowest BCUT2D eigenvalue weighted by molar-refractivity contribution is 0.0701. The quantitative estimate of drug-likeness (QED) is 0.530. The molecule has 4 rings (SSSR count). The number of aryl methyl sites for hydroxylation is 2. The number of aromatic nitrogens is 2. The second kappa shape index (κ2) is 5.86. The van der Waals surface area contributed by atoms with Gasteiger partial charge in [-0.1, -0.05) is 48.0 Å². The van der Waals surface area contributed by atoms with Gasteiger partial charge in [-0.3, -0.25) is 0 Å². The second-order valence-electron chi connectivity index (χ2n) is 6.03. The van der Waals surface area contributed by atoms with Crippen LogP contribution < -0.4 is 0 Å². The van der Waals surface area contributed by atoms with Crippen molar-refractivity contribution in [2.45, 2.75) is 13.8 Å². The molecule has 0 radical (unpaired) electrons. The average molecular weight is 348 g/mol. The van der Waals surface area contributed by atoms with Crippen molar-refractivity contribution in [1.29, 1.82) is 0 Å². The highest BCUT2D eigenvalue weighted by Gasteiger charge is 2.21. The summed E-state index contributed by atoms with van der Waals surface area (Å²) in [6, 6.07) is 16.3. The fourth-order valence-corrected chi connectivity index (χ4v) is 3.97. The third kappa shape index (κ3) is 2.62. The Balaban J connectivity index is 2.01. The average Bonchev–Trinajstić information content (AvgIpc) is 3.16. The zero-order valence-electron chi connectivity index (χ0n) is 13.8. The third-order valence-electron chi connectivity index (χ3n) is 4.25. The van der Waals surface area contributed by atoms with Crippen LogP contribution in [0.2, 0.25) is 0 Å². The molecule has 0 saturated carbocycles. The molecular formula is C20H16N2O2S. The summed E-state index contributed by atoms with van der Waals surface area (Å²) in [6.45, 7) is 3.79. The summed E-state index contributed by atoms with van der Waals surface area (Å²) in [5.41, 5.74) is 5.73. The Hall–Kier alpha value is -2.92. The van der Waals surface area contributed by atoms with Crippen molar-refractivity contribution in [3.8, 4) is 21.8 Å². The van der Waals surface area contributed by atoms with Crippen molar-refractivity contribution in [3.63, 3.8) is 0 Å². The number of para-hydroxylation sites is 1. The first kappa shape index (κ1) is 15.6. The summed E-state index contributed by atoms with van der Waals surface area (Å²) >= 11 is 1.22. The maximum absolute atomic E-state index is 11.4. The highest BCUT2D eigenvalue weighted by Crippen LogP contribution is 2.40. The zero-order valence-corrected chi connectivity index (χ0v) is 14.6. The zero-order chi connectivity index (χ0) is 17.6. The standard InChI is InChI=1S/C20H16N2O2S/c1-11-7-9-13(10-8-11)17-16(14-5-3-4-6-15(14)22-17)19-21-12(2)18(25-19)20(23)24/h3-10,22H,1-2H3,(H,23,24). The van der Waals surface area contributed by atoms with E-state index in [2.05, 4.69) is 41.2 Å². The van der Waals surface area contributed by atoms with Crippen LogP contribution in [0, 0.1) is 13.8 Å². The summed E-state index contributed by atoms with van der Waals surface area (Å²) < 4.78 is 0. The van der Waals surface area contributed by atoms with Gasteiger partial charge in [0.2, 0.25) is 0 Å². The van der Waals surface area contributed by atoms with Gasteiger partial charge in [-0.25, -0.2) is 9.78 Å². The molecule has 0 saturated heterocycles. The number of nitrogens with one attached hydrogen (secondary N) is 1. The smallest absolute Gasteiger partial charge is 0.347 e. The first-order valence-electron chi connectivity index (χ1n) is 7.93. The molecule has 2 heterocycles. The summed E-state index contributed by atoms with van der Waals surface area (Å²) in [5.74, 6) is -0.932. The number of H-pyrrole nitrogens is 1. The number of carbonyl (C=O) groups is 1. The van der Waals surface area contributed by atoms with E-state index in [1.807, 2.05) is 24.3 Å². The first-order valence-corrected chi connectivity index (χ1v) is 8.75. The van der Waals surface area contributed by atoms with Crippen molar-refractivity contribution < 1.29 is 9.90 Å². The van der Waals surface area contributed by atoms with E-state index in [0.717, 1.165) is 32.7 Å². The molecule has 0 aliphatic carbocycles. The molecule has 5 heteroatoms. The summed E-state index contributed by atoms with van der Waals surface area (Å²) in [5, 5.41) is 11.1. The van der Waals surface area contributed by atoms with Gasteiger partial charge in [0.25, 0.3) is 0 Å². The highest BCUT2D eigenvalue weighted by atomic mass is 32.1. The maximum Gasteiger partial charge on any atom is 0.347 e. The summed E-state index contributed by atoms with van der Waals surface area (Å²) in [6.07, 6.45) is 0. The number of fused-ring (bicyclic) bond motifs is 1. The third-order valence-corrected chi connectivity index (χ3v) is 5.41. The van der Waals surface area contributed by atoms with E-state index in [1.165, 1.54) is 16.9 Å². The lowest BCUT2D eigenvalue weighted by Gasteiger charge is -2.03. The number of thiazole rings is 1. The highest BCUT2D eigenvalue weighted by molar-refractivity contribution is 7.17. The van der Waals surface area contributed by atoms with Gasteiger partial charge in [0.1, 0.15) is 9.88 Å². The minimum Gasteiger partial charge on any atom is -0.477 e. The van der Waals surface area contributed by atoms with E-state index in [4.69, 9.17) is 0 Å². The fourth-order valence-electron chi connectivity index (χ4n) is 3.00. The molecule has 0 spiro atoms. The molecule has 124 valence electrons. The van der Waals surface area contributed by atoms with Crippen LogP contribution in [-0.2, 0) is 0 Å². The molecule has 2 N–H and O–H groups in total. The largest absolute Gasteiger partial charge is 0.477 e. The van der Waals surface area contributed by atoms with Crippen LogP contribution in [-0.4, -0.2) is 21.0 Å². The van der Waals surface area contributed by atoms with Crippen LogP contribution >= 0.6 is 11.3 Å². The number of rotatable bonds is 3. The molecule has 2 aromatic carbocycles. The van der Waals surface area contributed by atoms with Crippen LogP contribution in [0.15, 0.2) is 48.5 Å². The van der Waals surface area contributed by atoms with Crippen LogP contribution in [0.25, 0.3) is 32.7 Å². The van der Waals surface area contributed by atoms with Crippen molar-refractivity contribution in [1.82, 2.24) is 9.97 Å². The molecular weight excluding hydrogens is 332 g/mol. The predicted octanol–water partition coefficient (Wildman–Crippen LogP) is 5.27. The summed E-state index contributed by atoms with van der Waals surface area (Å²) in [4.78, 5) is 19.7. The minimum absolute atomic E-state index is 0.287. The van der Waals surface area contributed by atoms with E-state index < -0.39 is 5.97 Å². The Bertz CT molecular complexity index is 1090. The van der Waals surface area contributed by atoms with Crippen molar-refractivity contribution in [2.24, 2.45) is 0 Å². The van der Waals surface area contributed by atoms with E-state index >= 15 is 0 Å². The van der Waals surface area contributed by atoms with Crippen LogP contribution in [0.1, 0.15) is 20.9 Å². The van der Waals surface area contributed by atoms with Crippen LogP contribution in [0.3, 0.4) is 0 Å². The molecule has 4 nitrogen and oxygen atoms in total. The van der Waals surface area contributed by atoms with Gasteiger partial charge < -0.3 is 10.1 Å². The molecule has 25 heavy (non-hydrogen) atoms. The monoisotopic (exact) mass is 348 g/mol. The number of carboxylic acid groups (broad SMARTS) is 1. The van der Waals surface area contributed by atoms with E-state index in [0.29, 0.717) is 5.69 Å². The van der Waals surface area contributed by atoms with Crippen molar-refractivity contribution >= 4 is 28.2 Å². The van der Waals surface area contributed by atoms with Gasteiger partial charge in [0, 0.05) is 16.5 Å². The van der Waals surface area contributed by atoms with Crippen molar-refractivity contribution in [2.75, 3.05) is 0 Å². The maximum atomic E-state index is 11.4. The number of aromatic carboxylic acids is 1.